The highest BCUT2D eigenvalue weighted by molar-refractivity contribution is 5.04. The normalized spacial score (nSPS) is 22.6. The van der Waals surface area contributed by atoms with Crippen LogP contribution in [0.25, 0.3) is 0 Å². The van der Waals surface area contributed by atoms with Crippen LogP contribution < -0.4 is 11.3 Å². The molecule has 2 atom stereocenters. The van der Waals surface area contributed by atoms with E-state index in [0.717, 1.165) is 39.1 Å². The van der Waals surface area contributed by atoms with Crippen LogP contribution in [0.1, 0.15) is 18.9 Å². The monoisotopic (exact) mass is 267 g/mol. The van der Waals surface area contributed by atoms with Crippen molar-refractivity contribution in [2.75, 3.05) is 26.2 Å². The lowest BCUT2D eigenvalue weighted by Crippen LogP contribution is -2.54. The summed E-state index contributed by atoms with van der Waals surface area (Å²) in [6.45, 7) is 6.03. The summed E-state index contributed by atoms with van der Waals surface area (Å²) in [7, 11) is 1.94. The minimum absolute atomic E-state index is 0.176. The maximum absolute atomic E-state index is 5.85. The van der Waals surface area contributed by atoms with Crippen LogP contribution in [0.3, 0.4) is 0 Å². The number of nitrogens with two attached hydrogens (primary N) is 1. The third-order valence-electron chi connectivity index (χ3n) is 3.79. The zero-order valence-electron chi connectivity index (χ0n) is 11.9. The minimum atomic E-state index is 0.176. The smallest absolute Gasteiger partial charge is 0.0868 e. The van der Waals surface area contributed by atoms with E-state index in [1.807, 2.05) is 24.1 Å². The van der Waals surface area contributed by atoms with Crippen LogP contribution in [0, 0.1) is 0 Å². The second-order valence-corrected chi connectivity index (χ2v) is 5.14. The molecule has 0 amide bonds. The molecule has 108 valence electrons. The van der Waals surface area contributed by atoms with E-state index >= 15 is 0 Å². The first-order valence-electron chi connectivity index (χ1n) is 7.00. The molecule has 0 spiro atoms. The van der Waals surface area contributed by atoms with E-state index in [-0.39, 0.29) is 12.1 Å². The summed E-state index contributed by atoms with van der Waals surface area (Å²) in [5.74, 6) is 5.69. The molecule has 2 heterocycles. The Bertz CT molecular complexity index is 381. The Morgan fingerprint density at radius 3 is 3.11 bits per heavy atom. The molecule has 1 fully saturated rings. The van der Waals surface area contributed by atoms with Crippen molar-refractivity contribution in [1.82, 2.24) is 20.1 Å². The Morgan fingerprint density at radius 2 is 2.47 bits per heavy atom. The third-order valence-corrected chi connectivity index (χ3v) is 3.79. The number of aromatic nitrogens is 2. The quantitative estimate of drug-likeness (QED) is 0.557. The van der Waals surface area contributed by atoms with Crippen LogP contribution >= 0.6 is 0 Å². The van der Waals surface area contributed by atoms with Crippen LogP contribution in [0.5, 0.6) is 0 Å². The number of nitrogens with zero attached hydrogens (tertiary/aromatic N) is 3. The largest absolute Gasteiger partial charge is 0.374 e. The predicted molar refractivity (Wildman–Crippen MR) is 74.5 cm³/mol. The molecule has 0 bridgehead atoms. The van der Waals surface area contributed by atoms with Gasteiger partial charge in [0.1, 0.15) is 0 Å². The molecule has 3 N–H and O–H groups in total. The van der Waals surface area contributed by atoms with Crippen molar-refractivity contribution in [2.24, 2.45) is 12.9 Å². The number of aryl methyl sites for hydroxylation is 2. The standard InChI is InChI=1S/C13H25N5O/c1-3-18-6-7-19-13(10-18)12(16-14)5-4-11-8-15-17(2)9-11/h8-9,12-13,16H,3-7,10,14H2,1-2H3. The molecule has 2 rings (SSSR count). The van der Waals surface area contributed by atoms with Crippen molar-refractivity contribution < 1.29 is 4.74 Å². The molecule has 6 heteroatoms. The zero-order valence-corrected chi connectivity index (χ0v) is 11.9. The lowest BCUT2D eigenvalue weighted by molar-refractivity contribution is -0.0461. The summed E-state index contributed by atoms with van der Waals surface area (Å²) < 4.78 is 7.68. The molecule has 0 aliphatic carbocycles. The molecular weight excluding hydrogens is 242 g/mol. The van der Waals surface area contributed by atoms with E-state index in [9.17, 15) is 0 Å². The Kier molecular flexibility index (Phi) is 5.33. The molecule has 1 saturated heterocycles. The number of likely N-dealkylation sites (N-methyl/N-ethyl adjacent to an activating group) is 1. The fraction of sp³-hybridized carbons (Fsp3) is 0.769. The van der Waals surface area contributed by atoms with Gasteiger partial charge in [0, 0.05) is 32.4 Å². The van der Waals surface area contributed by atoms with Gasteiger partial charge in [-0.2, -0.15) is 5.10 Å². The van der Waals surface area contributed by atoms with Crippen molar-refractivity contribution in [3.8, 4) is 0 Å². The number of rotatable bonds is 6. The first-order chi connectivity index (χ1) is 9.22. The van der Waals surface area contributed by atoms with Crippen LogP contribution in [-0.2, 0) is 18.2 Å². The fourth-order valence-electron chi connectivity index (χ4n) is 2.56. The van der Waals surface area contributed by atoms with E-state index in [2.05, 4.69) is 22.3 Å². The van der Waals surface area contributed by atoms with Crippen molar-refractivity contribution in [3.63, 3.8) is 0 Å². The van der Waals surface area contributed by atoms with Crippen LogP contribution in [0.15, 0.2) is 12.4 Å². The highest BCUT2D eigenvalue weighted by atomic mass is 16.5. The van der Waals surface area contributed by atoms with Crippen molar-refractivity contribution >= 4 is 0 Å². The second-order valence-electron chi connectivity index (χ2n) is 5.14. The molecule has 2 unspecified atom stereocenters. The Hall–Kier alpha value is -0.950. The molecule has 0 saturated carbocycles. The molecule has 1 aliphatic rings. The number of hydrazine groups is 1. The van der Waals surface area contributed by atoms with Crippen LogP contribution in [0.4, 0.5) is 0 Å². The second kappa shape index (κ2) is 7.00. The van der Waals surface area contributed by atoms with Gasteiger partial charge in [-0.3, -0.25) is 20.9 Å². The number of hydrogen-bond donors (Lipinski definition) is 2. The van der Waals surface area contributed by atoms with E-state index < -0.39 is 0 Å². The van der Waals surface area contributed by atoms with E-state index in [1.54, 1.807) is 0 Å². The average molecular weight is 267 g/mol. The molecule has 6 nitrogen and oxygen atoms in total. The summed E-state index contributed by atoms with van der Waals surface area (Å²) in [6.07, 6.45) is 6.07. The van der Waals surface area contributed by atoms with Gasteiger partial charge in [0.05, 0.1) is 18.9 Å². The summed E-state index contributed by atoms with van der Waals surface area (Å²) in [5, 5.41) is 4.18. The molecular formula is C13H25N5O. The highest BCUT2D eigenvalue weighted by Crippen LogP contribution is 2.13. The highest BCUT2D eigenvalue weighted by Gasteiger charge is 2.26. The van der Waals surface area contributed by atoms with Gasteiger partial charge in [-0.1, -0.05) is 6.92 Å². The summed E-state index contributed by atoms with van der Waals surface area (Å²) in [5.41, 5.74) is 4.16. The van der Waals surface area contributed by atoms with Crippen molar-refractivity contribution in [3.05, 3.63) is 18.0 Å². The van der Waals surface area contributed by atoms with Crippen LogP contribution in [0.2, 0.25) is 0 Å². The third kappa shape index (κ3) is 4.01. The Morgan fingerprint density at radius 1 is 1.63 bits per heavy atom. The predicted octanol–water partition coefficient (Wildman–Crippen LogP) is -0.0947. The first-order valence-corrected chi connectivity index (χ1v) is 7.00. The zero-order chi connectivity index (χ0) is 13.7. The molecule has 1 aliphatic heterocycles. The number of nitrogens with one attached hydrogen (secondary N) is 1. The lowest BCUT2D eigenvalue weighted by Gasteiger charge is -2.36. The van der Waals surface area contributed by atoms with Gasteiger partial charge in [0.25, 0.3) is 0 Å². The van der Waals surface area contributed by atoms with E-state index in [1.165, 1.54) is 5.56 Å². The Balaban J connectivity index is 1.85. The van der Waals surface area contributed by atoms with Gasteiger partial charge in [0.2, 0.25) is 0 Å². The van der Waals surface area contributed by atoms with Gasteiger partial charge in [-0.05, 0) is 24.9 Å². The first kappa shape index (κ1) is 14.5. The minimum Gasteiger partial charge on any atom is -0.374 e. The fourth-order valence-corrected chi connectivity index (χ4v) is 2.56. The number of ether oxygens (including phenoxy) is 1. The van der Waals surface area contributed by atoms with Gasteiger partial charge in [0.15, 0.2) is 0 Å². The molecule has 0 aromatic carbocycles. The molecule has 0 radical (unpaired) electrons. The number of morpholine rings is 1. The van der Waals surface area contributed by atoms with Gasteiger partial charge in [-0.15, -0.1) is 0 Å². The lowest BCUT2D eigenvalue weighted by atomic mass is 10.0. The summed E-state index contributed by atoms with van der Waals surface area (Å²) in [6, 6.07) is 0.189. The molecule has 1 aromatic rings. The summed E-state index contributed by atoms with van der Waals surface area (Å²) in [4.78, 5) is 2.41. The number of hydrogen-bond acceptors (Lipinski definition) is 5. The topological polar surface area (TPSA) is 68.3 Å². The van der Waals surface area contributed by atoms with E-state index in [4.69, 9.17) is 10.6 Å². The molecule has 19 heavy (non-hydrogen) atoms. The van der Waals surface area contributed by atoms with Crippen LogP contribution in [-0.4, -0.2) is 53.1 Å². The average Bonchev–Trinajstić information content (AvgIpc) is 2.85. The van der Waals surface area contributed by atoms with E-state index in [0.29, 0.717) is 0 Å². The summed E-state index contributed by atoms with van der Waals surface area (Å²) >= 11 is 0. The molecule has 1 aromatic heterocycles. The van der Waals surface area contributed by atoms with Crippen molar-refractivity contribution in [1.29, 1.82) is 0 Å². The maximum atomic E-state index is 5.85. The van der Waals surface area contributed by atoms with Gasteiger partial charge < -0.3 is 4.74 Å². The van der Waals surface area contributed by atoms with Gasteiger partial charge in [-0.25, -0.2) is 0 Å². The maximum Gasteiger partial charge on any atom is 0.0868 e. The SMILES string of the molecule is CCN1CCOC(C(CCc2cnn(C)c2)NN)C1. The van der Waals surface area contributed by atoms with Crippen molar-refractivity contribution in [2.45, 2.75) is 31.9 Å². The Labute approximate surface area is 114 Å². The van der Waals surface area contributed by atoms with Gasteiger partial charge >= 0.3 is 0 Å².